The summed E-state index contributed by atoms with van der Waals surface area (Å²) >= 11 is 0. The van der Waals surface area contributed by atoms with Gasteiger partial charge in [-0.2, -0.15) is 4.31 Å². The molecule has 2 atom stereocenters. The van der Waals surface area contributed by atoms with Crippen molar-refractivity contribution in [3.8, 4) is 0 Å². The van der Waals surface area contributed by atoms with E-state index in [0.29, 0.717) is 6.61 Å². The van der Waals surface area contributed by atoms with Crippen molar-refractivity contribution in [2.24, 2.45) is 0 Å². The van der Waals surface area contributed by atoms with Crippen molar-refractivity contribution in [3.63, 3.8) is 0 Å². The van der Waals surface area contributed by atoms with Crippen LogP contribution in [0, 0.1) is 0 Å². The van der Waals surface area contributed by atoms with Crippen molar-refractivity contribution in [3.05, 3.63) is 0 Å². The van der Waals surface area contributed by atoms with Gasteiger partial charge >= 0.3 is 5.97 Å². The van der Waals surface area contributed by atoms with Gasteiger partial charge < -0.3 is 4.74 Å². The van der Waals surface area contributed by atoms with Gasteiger partial charge in [0.15, 0.2) is 0 Å². The van der Waals surface area contributed by atoms with E-state index in [-0.39, 0.29) is 30.2 Å². The zero-order valence-electron chi connectivity index (χ0n) is 14.6. The fraction of sp³-hybridized carbons (Fsp3) is 0.933. The maximum absolute atomic E-state index is 12.8. The lowest BCUT2D eigenvalue weighted by atomic mass is 9.97. The minimum atomic E-state index is -3.32. The second-order valence-electron chi connectivity index (χ2n) is 7.40. The van der Waals surface area contributed by atoms with Gasteiger partial charge in [-0.15, -0.1) is 0 Å². The minimum Gasteiger partial charge on any atom is -0.466 e. The van der Waals surface area contributed by atoms with Gasteiger partial charge in [0.25, 0.3) is 0 Å². The summed E-state index contributed by atoms with van der Waals surface area (Å²) in [6.07, 6.45) is 2.75. The van der Waals surface area contributed by atoms with Gasteiger partial charge in [-0.05, 0) is 32.7 Å². The van der Waals surface area contributed by atoms with Crippen molar-refractivity contribution < 1.29 is 17.9 Å². The Morgan fingerprint density at radius 3 is 2.45 bits per heavy atom. The Bertz CT molecular complexity index is 472. The fourth-order valence-electron chi connectivity index (χ4n) is 2.91. The molecular formula is C15H31NO4SSi. The number of hydrogen-bond donors (Lipinski definition) is 0. The van der Waals surface area contributed by atoms with Crippen LogP contribution in [-0.2, 0) is 19.6 Å². The summed E-state index contributed by atoms with van der Waals surface area (Å²) in [6.45, 7) is 10.6. The molecule has 0 aliphatic carbocycles. The summed E-state index contributed by atoms with van der Waals surface area (Å²) in [5.41, 5.74) is 0. The second kappa shape index (κ2) is 7.92. The van der Waals surface area contributed by atoms with E-state index in [1.165, 1.54) is 0 Å². The Morgan fingerprint density at radius 2 is 1.91 bits per heavy atom. The van der Waals surface area contributed by atoms with Crippen LogP contribution >= 0.6 is 0 Å². The molecule has 0 bridgehead atoms. The molecule has 0 aromatic heterocycles. The largest absolute Gasteiger partial charge is 0.466 e. The third-order valence-corrected chi connectivity index (χ3v) is 8.23. The quantitative estimate of drug-likeness (QED) is 0.524. The monoisotopic (exact) mass is 349 g/mol. The molecule has 0 unspecified atom stereocenters. The van der Waals surface area contributed by atoms with Gasteiger partial charge in [0, 0.05) is 20.2 Å². The third-order valence-electron chi connectivity index (χ3n) is 4.09. The SMILES string of the molecule is CCOC(=O)C[C@H]1CCC[C@@H](C)N1S(=O)(=O)CC[Si](C)(C)C. The average molecular weight is 350 g/mol. The number of nitrogens with zero attached hydrogens (tertiary/aromatic N) is 1. The van der Waals surface area contributed by atoms with E-state index >= 15 is 0 Å². The van der Waals surface area contributed by atoms with Crippen LogP contribution in [0.15, 0.2) is 0 Å². The summed E-state index contributed by atoms with van der Waals surface area (Å²) in [4.78, 5) is 11.8. The topological polar surface area (TPSA) is 63.7 Å². The number of carbonyl (C=O) groups is 1. The van der Waals surface area contributed by atoms with E-state index in [1.54, 1.807) is 11.2 Å². The Morgan fingerprint density at radius 1 is 1.27 bits per heavy atom. The molecular weight excluding hydrogens is 318 g/mol. The number of ether oxygens (including phenoxy) is 1. The summed E-state index contributed by atoms with van der Waals surface area (Å²) < 4.78 is 32.2. The molecule has 22 heavy (non-hydrogen) atoms. The highest BCUT2D eigenvalue weighted by Gasteiger charge is 2.38. The first-order valence-electron chi connectivity index (χ1n) is 8.23. The first-order valence-corrected chi connectivity index (χ1v) is 13.6. The van der Waals surface area contributed by atoms with Crippen LogP contribution in [0.25, 0.3) is 0 Å². The Kier molecular flexibility index (Phi) is 7.07. The molecule has 1 aliphatic heterocycles. The zero-order valence-corrected chi connectivity index (χ0v) is 16.4. The lowest BCUT2D eigenvalue weighted by Gasteiger charge is -2.39. The van der Waals surface area contributed by atoms with Gasteiger partial charge in [-0.3, -0.25) is 4.79 Å². The third kappa shape index (κ3) is 6.00. The number of esters is 1. The van der Waals surface area contributed by atoms with Crippen LogP contribution in [-0.4, -0.2) is 51.2 Å². The molecule has 1 aliphatic rings. The average Bonchev–Trinajstić information content (AvgIpc) is 2.36. The molecule has 130 valence electrons. The van der Waals surface area contributed by atoms with E-state index in [2.05, 4.69) is 19.6 Å². The van der Waals surface area contributed by atoms with Crippen LogP contribution in [0.2, 0.25) is 25.7 Å². The smallest absolute Gasteiger partial charge is 0.307 e. The molecule has 5 nitrogen and oxygen atoms in total. The number of piperidine rings is 1. The van der Waals surface area contributed by atoms with Crippen molar-refractivity contribution >= 4 is 24.1 Å². The van der Waals surface area contributed by atoms with Gasteiger partial charge in [0.1, 0.15) is 0 Å². The van der Waals surface area contributed by atoms with Crippen LogP contribution in [0.4, 0.5) is 0 Å². The summed E-state index contributed by atoms with van der Waals surface area (Å²) in [6, 6.07) is 0.485. The standard InChI is InChI=1S/C15H31NO4SSi/c1-6-20-15(17)12-14-9-7-8-13(2)16(14)21(18,19)10-11-22(3,4)5/h13-14H,6-12H2,1-5H3/t13-,14-/m1/s1. The normalized spacial score (nSPS) is 24.2. The van der Waals surface area contributed by atoms with Crippen molar-refractivity contribution in [2.75, 3.05) is 12.4 Å². The Hall–Kier alpha value is -0.403. The van der Waals surface area contributed by atoms with Crippen LogP contribution in [0.1, 0.15) is 39.5 Å². The van der Waals surface area contributed by atoms with Crippen LogP contribution in [0.3, 0.4) is 0 Å². The molecule has 0 radical (unpaired) electrons. The molecule has 0 amide bonds. The first-order chi connectivity index (χ1) is 10.1. The highest BCUT2D eigenvalue weighted by Crippen LogP contribution is 2.29. The molecule has 0 spiro atoms. The van der Waals surface area contributed by atoms with Crippen LogP contribution < -0.4 is 0 Å². The maximum atomic E-state index is 12.8. The first kappa shape index (κ1) is 19.6. The van der Waals surface area contributed by atoms with Gasteiger partial charge in [-0.25, -0.2) is 8.42 Å². The van der Waals surface area contributed by atoms with Gasteiger partial charge in [0.2, 0.25) is 10.0 Å². The number of carbonyl (C=O) groups excluding carboxylic acids is 1. The molecule has 1 heterocycles. The van der Waals surface area contributed by atoms with Crippen molar-refractivity contribution in [2.45, 2.75) is 77.3 Å². The molecule has 7 heteroatoms. The number of hydrogen-bond acceptors (Lipinski definition) is 4. The summed E-state index contributed by atoms with van der Waals surface area (Å²) in [7, 11) is -4.73. The van der Waals surface area contributed by atoms with Gasteiger partial charge in [-0.1, -0.05) is 26.1 Å². The summed E-state index contributed by atoms with van der Waals surface area (Å²) in [5, 5.41) is 0. The lowest BCUT2D eigenvalue weighted by molar-refractivity contribution is -0.144. The molecule has 1 rings (SSSR count). The van der Waals surface area contributed by atoms with Crippen molar-refractivity contribution in [1.29, 1.82) is 0 Å². The molecule has 1 fully saturated rings. The molecule has 0 N–H and O–H groups in total. The highest BCUT2D eigenvalue weighted by molar-refractivity contribution is 7.89. The van der Waals surface area contributed by atoms with E-state index < -0.39 is 18.1 Å². The second-order valence-corrected chi connectivity index (χ2v) is 15.0. The maximum Gasteiger partial charge on any atom is 0.307 e. The molecule has 0 aromatic carbocycles. The number of sulfonamides is 1. The number of rotatable bonds is 7. The van der Waals surface area contributed by atoms with Crippen molar-refractivity contribution in [1.82, 2.24) is 4.31 Å². The lowest BCUT2D eigenvalue weighted by Crippen LogP contribution is -2.50. The molecule has 1 saturated heterocycles. The predicted octanol–water partition coefficient (Wildman–Crippen LogP) is 2.85. The van der Waals surface area contributed by atoms with E-state index in [0.717, 1.165) is 25.3 Å². The van der Waals surface area contributed by atoms with E-state index in [9.17, 15) is 13.2 Å². The fourth-order valence-corrected chi connectivity index (χ4v) is 7.89. The molecule has 0 aromatic rings. The van der Waals surface area contributed by atoms with E-state index in [4.69, 9.17) is 4.74 Å². The van der Waals surface area contributed by atoms with E-state index in [1.807, 2.05) is 6.92 Å². The summed E-state index contributed by atoms with van der Waals surface area (Å²) in [5.74, 6) is -0.0983. The Balaban J connectivity index is 2.85. The van der Waals surface area contributed by atoms with Gasteiger partial charge in [0.05, 0.1) is 18.8 Å². The minimum absolute atomic E-state index is 0.0280. The van der Waals surface area contributed by atoms with Crippen LogP contribution in [0.5, 0.6) is 0 Å². The highest BCUT2D eigenvalue weighted by atomic mass is 32.2. The Labute approximate surface area is 136 Å². The molecule has 0 saturated carbocycles. The zero-order chi connectivity index (χ0) is 17.0. The predicted molar refractivity (Wildman–Crippen MR) is 92.1 cm³/mol.